The van der Waals surface area contributed by atoms with Crippen molar-refractivity contribution in [2.75, 3.05) is 30.9 Å². The first-order valence-corrected chi connectivity index (χ1v) is 7.81. The summed E-state index contributed by atoms with van der Waals surface area (Å²) < 4.78 is 4.98. The molecule has 2 rings (SSSR count). The second-order valence-electron chi connectivity index (χ2n) is 4.78. The smallest absolute Gasteiger partial charge is 0.274 e. The number of nitrogens with one attached hydrogen (secondary N) is 2. The molecular weight excluding hydrogens is 337 g/mol. The Kier molecular flexibility index (Phi) is 6.65. The standard InChI is InChI=1S/C16H17Cl2N3O2/c1-23-8-2-7-19-12-4-6-14(20-10-12)16(22)21-15-9-11(17)3-5-13(15)18/h3-6,9-10,19H,2,7-8H2,1H3,(H,21,22). The van der Waals surface area contributed by atoms with E-state index in [0.717, 1.165) is 18.7 Å². The summed E-state index contributed by atoms with van der Waals surface area (Å²) in [6.07, 6.45) is 2.51. The van der Waals surface area contributed by atoms with Crippen molar-refractivity contribution < 1.29 is 9.53 Å². The van der Waals surface area contributed by atoms with Gasteiger partial charge in [0, 0.05) is 25.3 Å². The van der Waals surface area contributed by atoms with Crippen LogP contribution in [0.3, 0.4) is 0 Å². The molecule has 2 N–H and O–H groups in total. The highest BCUT2D eigenvalue weighted by Crippen LogP contribution is 2.25. The molecule has 0 saturated heterocycles. The predicted octanol–water partition coefficient (Wildman–Crippen LogP) is 4.09. The molecule has 122 valence electrons. The van der Waals surface area contributed by atoms with Gasteiger partial charge >= 0.3 is 0 Å². The molecule has 1 aromatic heterocycles. The molecule has 0 aliphatic rings. The van der Waals surface area contributed by atoms with Crippen molar-refractivity contribution in [1.29, 1.82) is 0 Å². The SMILES string of the molecule is COCCCNc1ccc(C(=O)Nc2cc(Cl)ccc2Cl)nc1. The van der Waals surface area contributed by atoms with Gasteiger partial charge in [0.15, 0.2) is 0 Å². The summed E-state index contributed by atoms with van der Waals surface area (Å²) in [6.45, 7) is 1.47. The molecule has 0 spiro atoms. The maximum absolute atomic E-state index is 12.2. The highest BCUT2D eigenvalue weighted by Gasteiger charge is 2.10. The Hall–Kier alpha value is -1.82. The van der Waals surface area contributed by atoms with E-state index in [0.29, 0.717) is 28.0 Å². The van der Waals surface area contributed by atoms with Crippen LogP contribution in [-0.4, -0.2) is 31.2 Å². The molecule has 5 nitrogen and oxygen atoms in total. The van der Waals surface area contributed by atoms with Gasteiger partial charge in [-0.1, -0.05) is 23.2 Å². The lowest BCUT2D eigenvalue weighted by Gasteiger charge is -2.09. The number of hydrogen-bond acceptors (Lipinski definition) is 4. The van der Waals surface area contributed by atoms with Gasteiger partial charge in [0.05, 0.1) is 22.6 Å². The summed E-state index contributed by atoms with van der Waals surface area (Å²) in [5, 5.41) is 6.80. The molecule has 23 heavy (non-hydrogen) atoms. The van der Waals surface area contributed by atoms with E-state index in [1.54, 1.807) is 43.6 Å². The number of pyridine rings is 1. The minimum atomic E-state index is -0.347. The number of anilines is 2. The van der Waals surface area contributed by atoms with Crippen LogP contribution in [0.2, 0.25) is 10.0 Å². The largest absolute Gasteiger partial charge is 0.385 e. The van der Waals surface area contributed by atoms with Gasteiger partial charge in [-0.2, -0.15) is 0 Å². The summed E-state index contributed by atoms with van der Waals surface area (Å²) in [7, 11) is 1.67. The van der Waals surface area contributed by atoms with Crippen LogP contribution in [-0.2, 0) is 4.74 Å². The van der Waals surface area contributed by atoms with Crippen LogP contribution in [0, 0.1) is 0 Å². The van der Waals surface area contributed by atoms with E-state index in [1.807, 2.05) is 0 Å². The summed E-state index contributed by atoms with van der Waals surface area (Å²) in [6, 6.07) is 8.32. The van der Waals surface area contributed by atoms with Crippen molar-refractivity contribution in [3.63, 3.8) is 0 Å². The minimum absolute atomic E-state index is 0.295. The van der Waals surface area contributed by atoms with Crippen LogP contribution in [0.1, 0.15) is 16.9 Å². The summed E-state index contributed by atoms with van der Waals surface area (Å²) in [5.41, 5.74) is 1.59. The molecule has 0 bridgehead atoms. The van der Waals surface area contributed by atoms with Gasteiger partial charge < -0.3 is 15.4 Å². The maximum Gasteiger partial charge on any atom is 0.274 e. The Balaban J connectivity index is 1.96. The number of ether oxygens (including phenoxy) is 1. The number of amides is 1. The van der Waals surface area contributed by atoms with Crippen LogP contribution in [0.15, 0.2) is 36.5 Å². The summed E-state index contributed by atoms with van der Waals surface area (Å²) >= 11 is 11.9. The molecule has 0 aliphatic carbocycles. The van der Waals surface area contributed by atoms with Gasteiger partial charge in [0.1, 0.15) is 5.69 Å². The molecule has 0 unspecified atom stereocenters. The molecular formula is C16H17Cl2N3O2. The fourth-order valence-electron chi connectivity index (χ4n) is 1.86. The van der Waals surface area contributed by atoms with Gasteiger partial charge in [0.25, 0.3) is 5.91 Å². The zero-order valence-electron chi connectivity index (χ0n) is 12.6. The number of nitrogens with zero attached hydrogens (tertiary/aromatic N) is 1. The topological polar surface area (TPSA) is 63.2 Å². The Labute approximate surface area is 145 Å². The average molecular weight is 354 g/mol. The predicted molar refractivity (Wildman–Crippen MR) is 93.6 cm³/mol. The van der Waals surface area contributed by atoms with Crippen LogP contribution in [0.4, 0.5) is 11.4 Å². The molecule has 0 aliphatic heterocycles. The normalized spacial score (nSPS) is 10.4. The van der Waals surface area contributed by atoms with Crippen LogP contribution in [0.5, 0.6) is 0 Å². The van der Waals surface area contributed by atoms with Crippen molar-refractivity contribution in [3.8, 4) is 0 Å². The number of carbonyl (C=O) groups is 1. The molecule has 0 atom stereocenters. The van der Waals surface area contributed by atoms with E-state index >= 15 is 0 Å². The van der Waals surface area contributed by atoms with Crippen molar-refractivity contribution in [2.24, 2.45) is 0 Å². The zero-order valence-corrected chi connectivity index (χ0v) is 14.1. The van der Waals surface area contributed by atoms with Gasteiger partial charge in [-0.05, 0) is 36.8 Å². The van der Waals surface area contributed by atoms with E-state index in [2.05, 4.69) is 15.6 Å². The third-order valence-corrected chi connectivity index (χ3v) is 3.59. The lowest BCUT2D eigenvalue weighted by atomic mass is 10.2. The van der Waals surface area contributed by atoms with Crippen molar-refractivity contribution >= 4 is 40.5 Å². The third-order valence-electron chi connectivity index (χ3n) is 3.03. The number of rotatable bonds is 7. The van der Waals surface area contributed by atoms with Crippen LogP contribution in [0.25, 0.3) is 0 Å². The molecule has 2 aromatic rings. The first-order chi connectivity index (χ1) is 11.1. The molecule has 0 radical (unpaired) electrons. The molecule has 1 aromatic carbocycles. The zero-order chi connectivity index (χ0) is 16.7. The highest BCUT2D eigenvalue weighted by atomic mass is 35.5. The van der Waals surface area contributed by atoms with E-state index in [1.165, 1.54) is 0 Å². The average Bonchev–Trinajstić information content (AvgIpc) is 2.55. The number of benzene rings is 1. The number of carbonyl (C=O) groups excluding carboxylic acids is 1. The minimum Gasteiger partial charge on any atom is -0.385 e. The molecule has 7 heteroatoms. The Morgan fingerprint density at radius 2 is 2.09 bits per heavy atom. The lowest BCUT2D eigenvalue weighted by Crippen LogP contribution is -2.14. The second-order valence-corrected chi connectivity index (χ2v) is 5.63. The Morgan fingerprint density at radius 1 is 1.26 bits per heavy atom. The first-order valence-electron chi connectivity index (χ1n) is 7.05. The van der Waals surface area contributed by atoms with Gasteiger partial charge in [-0.15, -0.1) is 0 Å². The molecule has 1 heterocycles. The third kappa shape index (κ3) is 5.39. The van der Waals surface area contributed by atoms with Crippen LogP contribution >= 0.6 is 23.2 Å². The second kappa shape index (κ2) is 8.72. The summed E-state index contributed by atoms with van der Waals surface area (Å²) in [5.74, 6) is -0.347. The van der Waals surface area contributed by atoms with Crippen LogP contribution < -0.4 is 10.6 Å². The lowest BCUT2D eigenvalue weighted by molar-refractivity contribution is 0.102. The van der Waals surface area contributed by atoms with Crippen molar-refractivity contribution in [2.45, 2.75) is 6.42 Å². The van der Waals surface area contributed by atoms with E-state index in [4.69, 9.17) is 27.9 Å². The molecule has 1 amide bonds. The van der Waals surface area contributed by atoms with Gasteiger partial charge in [-0.25, -0.2) is 4.98 Å². The number of aromatic nitrogens is 1. The van der Waals surface area contributed by atoms with Gasteiger partial charge in [0.2, 0.25) is 0 Å². The monoisotopic (exact) mass is 353 g/mol. The van der Waals surface area contributed by atoms with E-state index < -0.39 is 0 Å². The maximum atomic E-state index is 12.2. The fourth-order valence-corrected chi connectivity index (χ4v) is 2.20. The number of halogens is 2. The number of hydrogen-bond donors (Lipinski definition) is 2. The molecule has 0 saturated carbocycles. The number of methoxy groups -OCH3 is 1. The fraction of sp³-hybridized carbons (Fsp3) is 0.250. The first kappa shape index (κ1) is 17.5. The van der Waals surface area contributed by atoms with E-state index in [9.17, 15) is 4.79 Å². The quantitative estimate of drug-likeness (QED) is 0.735. The Bertz CT molecular complexity index is 663. The van der Waals surface area contributed by atoms with Crippen molar-refractivity contribution in [1.82, 2.24) is 4.98 Å². The summed E-state index contributed by atoms with van der Waals surface area (Å²) in [4.78, 5) is 16.3. The Morgan fingerprint density at radius 3 is 2.78 bits per heavy atom. The highest BCUT2D eigenvalue weighted by molar-refractivity contribution is 6.35. The van der Waals surface area contributed by atoms with Crippen molar-refractivity contribution in [3.05, 3.63) is 52.3 Å². The van der Waals surface area contributed by atoms with Gasteiger partial charge in [-0.3, -0.25) is 4.79 Å². The van der Waals surface area contributed by atoms with E-state index in [-0.39, 0.29) is 5.91 Å². The molecule has 0 fully saturated rings.